The first kappa shape index (κ1) is 18.6. The van der Waals surface area contributed by atoms with Crippen molar-refractivity contribution in [1.29, 1.82) is 0 Å². The van der Waals surface area contributed by atoms with Gasteiger partial charge in [0.15, 0.2) is 0 Å². The van der Waals surface area contributed by atoms with Crippen molar-refractivity contribution in [1.82, 2.24) is 5.32 Å². The van der Waals surface area contributed by atoms with Crippen LogP contribution < -0.4 is 15.4 Å². The van der Waals surface area contributed by atoms with Crippen LogP contribution in [0, 0.1) is 0 Å². The first-order chi connectivity index (χ1) is 12.1. The SMILES string of the molecule is C=C(C)COc1cccc(NCC(=O)NC(CC)c2ccccc2)c1. The molecule has 2 N–H and O–H groups in total. The summed E-state index contributed by atoms with van der Waals surface area (Å²) in [7, 11) is 0. The Labute approximate surface area is 149 Å². The molecule has 4 nitrogen and oxygen atoms in total. The summed E-state index contributed by atoms with van der Waals surface area (Å²) in [6.45, 7) is 8.50. The zero-order valence-electron chi connectivity index (χ0n) is 14.9. The van der Waals surface area contributed by atoms with Gasteiger partial charge < -0.3 is 15.4 Å². The summed E-state index contributed by atoms with van der Waals surface area (Å²) in [6, 6.07) is 17.6. The smallest absolute Gasteiger partial charge is 0.239 e. The molecular weight excluding hydrogens is 312 g/mol. The molecule has 2 rings (SSSR count). The Morgan fingerprint density at radius 2 is 1.92 bits per heavy atom. The van der Waals surface area contributed by atoms with Gasteiger partial charge in [-0.15, -0.1) is 0 Å². The Bertz CT molecular complexity index is 698. The molecule has 0 aliphatic carbocycles. The minimum absolute atomic E-state index is 0.0285. The van der Waals surface area contributed by atoms with Gasteiger partial charge in [0.1, 0.15) is 12.4 Å². The third-order valence-corrected chi connectivity index (χ3v) is 3.72. The van der Waals surface area contributed by atoms with E-state index in [-0.39, 0.29) is 18.5 Å². The van der Waals surface area contributed by atoms with Crippen LogP contribution in [0.25, 0.3) is 0 Å². The van der Waals surface area contributed by atoms with Crippen molar-refractivity contribution in [3.05, 3.63) is 72.3 Å². The Kier molecular flexibility index (Phi) is 7.08. The predicted molar refractivity (Wildman–Crippen MR) is 103 cm³/mol. The summed E-state index contributed by atoms with van der Waals surface area (Å²) in [5.74, 6) is 0.716. The van der Waals surface area contributed by atoms with E-state index in [1.54, 1.807) is 0 Å². The Balaban J connectivity index is 1.87. The van der Waals surface area contributed by atoms with E-state index in [4.69, 9.17) is 4.74 Å². The molecular formula is C21H26N2O2. The number of carbonyl (C=O) groups is 1. The summed E-state index contributed by atoms with van der Waals surface area (Å²) in [6.07, 6.45) is 0.847. The average Bonchev–Trinajstić information content (AvgIpc) is 2.64. The number of benzene rings is 2. The Morgan fingerprint density at radius 1 is 1.16 bits per heavy atom. The van der Waals surface area contributed by atoms with Crippen LogP contribution in [0.4, 0.5) is 5.69 Å². The first-order valence-corrected chi connectivity index (χ1v) is 8.54. The van der Waals surface area contributed by atoms with Crippen LogP contribution in [0.2, 0.25) is 0 Å². The number of anilines is 1. The molecule has 0 bridgehead atoms. The standard InChI is InChI=1S/C21H26N2O2/c1-4-20(17-9-6-5-7-10-17)23-21(24)14-22-18-11-8-12-19(13-18)25-15-16(2)3/h5-13,20,22H,2,4,14-15H2,1,3H3,(H,23,24). The van der Waals surface area contributed by atoms with Gasteiger partial charge in [0.05, 0.1) is 12.6 Å². The molecule has 0 radical (unpaired) electrons. The second kappa shape index (κ2) is 9.52. The maximum Gasteiger partial charge on any atom is 0.239 e. The number of carbonyl (C=O) groups excluding carboxylic acids is 1. The highest BCUT2D eigenvalue weighted by Gasteiger charge is 2.12. The van der Waals surface area contributed by atoms with Gasteiger partial charge in [0.2, 0.25) is 5.91 Å². The van der Waals surface area contributed by atoms with Crippen molar-refractivity contribution in [3.8, 4) is 5.75 Å². The van der Waals surface area contributed by atoms with Crippen LogP contribution in [0.3, 0.4) is 0 Å². The van der Waals surface area contributed by atoms with E-state index in [0.29, 0.717) is 6.61 Å². The molecule has 0 fully saturated rings. The highest BCUT2D eigenvalue weighted by atomic mass is 16.5. The van der Waals surface area contributed by atoms with Crippen LogP contribution >= 0.6 is 0 Å². The molecule has 0 saturated carbocycles. The molecule has 0 aliphatic rings. The molecule has 4 heteroatoms. The predicted octanol–water partition coefficient (Wildman–Crippen LogP) is 4.32. The summed E-state index contributed by atoms with van der Waals surface area (Å²) >= 11 is 0. The molecule has 1 unspecified atom stereocenters. The maximum atomic E-state index is 12.2. The summed E-state index contributed by atoms with van der Waals surface area (Å²) in [4.78, 5) is 12.2. The highest BCUT2D eigenvalue weighted by Crippen LogP contribution is 2.18. The van der Waals surface area contributed by atoms with Crippen LogP contribution in [0.5, 0.6) is 5.75 Å². The van der Waals surface area contributed by atoms with Crippen molar-refractivity contribution in [2.24, 2.45) is 0 Å². The fourth-order valence-corrected chi connectivity index (χ4v) is 2.44. The molecule has 0 heterocycles. The first-order valence-electron chi connectivity index (χ1n) is 8.54. The third kappa shape index (κ3) is 6.34. The zero-order valence-corrected chi connectivity index (χ0v) is 14.9. The van der Waals surface area contributed by atoms with E-state index in [1.165, 1.54) is 0 Å². The van der Waals surface area contributed by atoms with Gasteiger partial charge in [0, 0.05) is 11.8 Å². The minimum atomic E-state index is -0.0380. The number of amides is 1. The Morgan fingerprint density at radius 3 is 2.60 bits per heavy atom. The second-order valence-electron chi connectivity index (χ2n) is 6.07. The maximum absolute atomic E-state index is 12.2. The van der Waals surface area contributed by atoms with Gasteiger partial charge in [-0.2, -0.15) is 0 Å². The van der Waals surface area contributed by atoms with E-state index < -0.39 is 0 Å². The van der Waals surface area contributed by atoms with E-state index >= 15 is 0 Å². The van der Waals surface area contributed by atoms with E-state index in [2.05, 4.69) is 24.1 Å². The monoisotopic (exact) mass is 338 g/mol. The summed E-state index contributed by atoms with van der Waals surface area (Å²) in [5.41, 5.74) is 2.93. The van der Waals surface area contributed by atoms with Crippen LogP contribution in [0.1, 0.15) is 31.9 Å². The molecule has 0 aliphatic heterocycles. The van der Waals surface area contributed by atoms with Crippen molar-refractivity contribution in [3.63, 3.8) is 0 Å². The lowest BCUT2D eigenvalue weighted by molar-refractivity contribution is -0.120. The Hall–Kier alpha value is -2.75. The summed E-state index contributed by atoms with van der Waals surface area (Å²) < 4.78 is 5.61. The van der Waals surface area contributed by atoms with Gasteiger partial charge in [-0.25, -0.2) is 0 Å². The molecule has 132 valence electrons. The van der Waals surface area contributed by atoms with Gasteiger partial charge in [-0.1, -0.05) is 49.9 Å². The minimum Gasteiger partial charge on any atom is -0.489 e. The molecule has 0 spiro atoms. The normalized spacial score (nSPS) is 11.4. The van der Waals surface area contributed by atoms with Gasteiger partial charge >= 0.3 is 0 Å². The van der Waals surface area contributed by atoms with Crippen molar-refractivity contribution >= 4 is 11.6 Å². The zero-order chi connectivity index (χ0) is 18.1. The highest BCUT2D eigenvalue weighted by molar-refractivity contribution is 5.81. The van der Waals surface area contributed by atoms with Crippen LogP contribution in [-0.2, 0) is 4.79 Å². The van der Waals surface area contributed by atoms with Crippen LogP contribution in [-0.4, -0.2) is 19.1 Å². The largest absolute Gasteiger partial charge is 0.489 e. The lowest BCUT2D eigenvalue weighted by Crippen LogP contribution is -2.33. The van der Waals surface area contributed by atoms with Crippen molar-refractivity contribution in [2.75, 3.05) is 18.5 Å². The molecule has 2 aromatic rings. The van der Waals surface area contributed by atoms with Gasteiger partial charge in [-0.3, -0.25) is 4.79 Å². The summed E-state index contributed by atoms with van der Waals surface area (Å²) in [5, 5.41) is 6.20. The third-order valence-electron chi connectivity index (χ3n) is 3.72. The lowest BCUT2D eigenvalue weighted by atomic mass is 10.0. The van der Waals surface area contributed by atoms with Gasteiger partial charge in [-0.05, 0) is 36.6 Å². The van der Waals surface area contributed by atoms with Gasteiger partial charge in [0.25, 0.3) is 0 Å². The molecule has 0 aromatic heterocycles. The molecule has 1 amide bonds. The second-order valence-corrected chi connectivity index (χ2v) is 6.07. The quantitative estimate of drug-likeness (QED) is 0.670. The van der Waals surface area contributed by atoms with Crippen LogP contribution in [0.15, 0.2) is 66.7 Å². The van der Waals surface area contributed by atoms with E-state index in [1.807, 2.05) is 61.5 Å². The fourth-order valence-electron chi connectivity index (χ4n) is 2.44. The fraction of sp³-hybridized carbons (Fsp3) is 0.286. The topological polar surface area (TPSA) is 50.4 Å². The number of ether oxygens (including phenoxy) is 1. The molecule has 2 aromatic carbocycles. The van der Waals surface area contributed by atoms with E-state index in [0.717, 1.165) is 29.0 Å². The number of rotatable bonds is 9. The number of hydrogen-bond acceptors (Lipinski definition) is 3. The molecule has 1 atom stereocenters. The number of nitrogens with one attached hydrogen (secondary N) is 2. The van der Waals surface area contributed by atoms with Crippen molar-refractivity contribution in [2.45, 2.75) is 26.3 Å². The average molecular weight is 338 g/mol. The van der Waals surface area contributed by atoms with E-state index in [9.17, 15) is 4.79 Å². The lowest BCUT2D eigenvalue weighted by Gasteiger charge is -2.18. The number of hydrogen-bond donors (Lipinski definition) is 2. The van der Waals surface area contributed by atoms with Crippen molar-refractivity contribution < 1.29 is 9.53 Å². The molecule has 0 saturated heterocycles. The molecule has 25 heavy (non-hydrogen) atoms.